The van der Waals surface area contributed by atoms with E-state index in [9.17, 15) is 17.6 Å². The van der Waals surface area contributed by atoms with Gasteiger partial charge in [0, 0.05) is 38.2 Å². The molecule has 0 spiro atoms. The van der Waals surface area contributed by atoms with Crippen molar-refractivity contribution in [3.63, 3.8) is 0 Å². The van der Waals surface area contributed by atoms with Gasteiger partial charge in [-0.05, 0) is 43.2 Å². The lowest BCUT2D eigenvalue weighted by atomic mass is 9.96. The summed E-state index contributed by atoms with van der Waals surface area (Å²) >= 11 is 0. The van der Waals surface area contributed by atoms with E-state index >= 15 is 0 Å². The monoisotopic (exact) mass is 420 g/mol. The van der Waals surface area contributed by atoms with E-state index in [4.69, 9.17) is 4.74 Å². The molecular weight excluding hydrogens is 395 g/mol. The molecule has 1 saturated heterocycles. The molecule has 0 N–H and O–H groups in total. The predicted molar refractivity (Wildman–Crippen MR) is 107 cm³/mol. The van der Waals surface area contributed by atoms with Crippen molar-refractivity contribution < 1.29 is 22.3 Å². The fraction of sp³-hybridized carbons (Fsp3) is 0.381. The van der Waals surface area contributed by atoms with E-state index in [0.29, 0.717) is 19.4 Å². The first kappa shape index (κ1) is 21.3. The van der Waals surface area contributed by atoms with Gasteiger partial charge in [-0.15, -0.1) is 0 Å². The Morgan fingerprint density at radius 1 is 1.14 bits per heavy atom. The van der Waals surface area contributed by atoms with Crippen molar-refractivity contribution in [2.24, 2.45) is 5.92 Å². The topological polar surface area (TPSA) is 66.9 Å². The minimum absolute atomic E-state index is 0.00487. The number of carbonyl (C=O) groups excluding carboxylic acids is 1. The quantitative estimate of drug-likeness (QED) is 0.721. The summed E-state index contributed by atoms with van der Waals surface area (Å²) in [4.78, 5) is 14.6. The maximum absolute atomic E-state index is 13.1. The number of ether oxygens (including phenoxy) is 1. The molecule has 1 fully saturated rings. The number of rotatable bonds is 6. The number of hydrogen-bond acceptors (Lipinski definition) is 4. The van der Waals surface area contributed by atoms with Gasteiger partial charge < -0.3 is 9.64 Å². The van der Waals surface area contributed by atoms with Gasteiger partial charge in [-0.1, -0.05) is 18.2 Å². The highest BCUT2D eigenvalue weighted by Crippen LogP contribution is 2.26. The fourth-order valence-electron chi connectivity index (χ4n) is 3.58. The van der Waals surface area contributed by atoms with E-state index in [1.807, 2.05) is 24.3 Å². The predicted octanol–water partition coefficient (Wildman–Crippen LogP) is 2.89. The summed E-state index contributed by atoms with van der Waals surface area (Å²) in [6, 6.07) is 12.3. The average molecular weight is 421 g/mol. The minimum atomic E-state index is -3.68. The van der Waals surface area contributed by atoms with Gasteiger partial charge >= 0.3 is 0 Å². The van der Waals surface area contributed by atoms with E-state index in [-0.39, 0.29) is 29.8 Å². The fourth-order valence-corrected chi connectivity index (χ4v) is 5.05. The van der Waals surface area contributed by atoms with Crippen LogP contribution in [-0.2, 0) is 21.4 Å². The SMILES string of the molecule is COc1ccccc1CN(C)C(=O)C1CCN(S(=O)(=O)c2ccc(F)cc2)CC1. The number of carbonyl (C=O) groups is 1. The number of hydrogen-bond donors (Lipinski definition) is 0. The zero-order valence-electron chi connectivity index (χ0n) is 16.5. The standard InChI is InChI=1S/C21H25FN2O4S/c1-23(15-17-5-3-4-6-20(17)28-2)21(25)16-11-13-24(14-12-16)29(26,27)19-9-7-18(22)8-10-19/h3-10,16H,11-15H2,1-2H3. The Morgan fingerprint density at radius 3 is 2.38 bits per heavy atom. The van der Waals surface area contributed by atoms with Gasteiger partial charge in [0.25, 0.3) is 0 Å². The molecule has 0 atom stereocenters. The van der Waals surface area contributed by atoms with E-state index < -0.39 is 15.8 Å². The molecule has 29 heavy (non-hydrogen) atoms. The maximum Gasteiger partial charge on any atom is 0.243 e. The number of para-hydroxylation sites is 1. The number of sulfonamides is 1. The molecule has 1 aliphatic rings. The van der Waals surface area contributed by atoms with Crippen LogP contribution < -0.4 is 4.74 Å². The highest BCUT2D eigenvalue weighted by atomic mass is 32.2. The van der Waals surface area contributed by atoms with Crippen molar-refractivity contribution in [1.82, 2.24) is 9.21 Å². The number of benzene rings is 2. The van der Waals surface area contributed by atoms with Crippen LogP contribution in [-0.4, -0.2) is 50.8 Å². The van der Waals surface area contributed by atoms with Gasteiger partial charge in [0.15, 0.2) is 0 Å². The first-order valence-electron chi connectivity index (χ1n) is 9.45. The van der Waals surface area contributed by atoms with Crippen LogP contribution in [0.1, 0.15) is 18.4 Å². The van der Waals surface area contributed by atoms with Crippen LogP contribution in [0, 0.1) is 11.7 Å². The molecule has 3 rings (SSSR count). The Kier molecular flexibility index (Phi) is 6.54. The first-order valence-corrected chi connectivity index (χ1v) is 10.9. The van der Waals surface area contributed by atoms with Crippen molar-refractivity contribution in [3.8, 4) is 5.75 Å². The number of amides is 1. The summed E-state index contributed by atoms with van der Waals surface area (Å²) in [5.74, 6) is 0.0165. The second-order valence-electron chi connectivity index (χ2n) is 7.14. The third-order valence-electron chi connectivity index (χ3n) is 5.23. The molecule has 156 valence electrons. The Morgan fingerprint density at radius 2 is 1.76 bits per heavy atom. The summed E-state index contributed by atoms with van der Waals surface area (Å²) in [6.07, 6.45) is 0.908. The van der Waals surface area contributed by atoms with Crippen LogP contribution in [0.4, 0.5) is 4.39 Å². The molecular formula is C21H25FN2O4S. The van der Waals surface area contributed by atoms with Gasteiger partial charge in [0.1, 0.15) is 11.6 Å². The van der Waals surface area contributed by atoms with Crippen LogP contribution in [0.15, 0.2) is 53.4 Å². The van der Waals surface area contributed by atoms with Crippen LogP contribution >= 0.6 is 0 Å². The summed E-state index contributed by atoms with van der Waals surface area (Å²) < 4.78 is 45.2. The lowest BCUT2D eigenvalue weighted by molar-refractivity contribution is -0.135. The largest absolute Gasteiger partial charge is 0.496 e. The van der Waals surface area contributed by atoms with Gasteiger partial charge in [0.05, 0.1) is 12.0 Å². The molecule has 1 amide bonds. The number of halogens is 1. The Labute approximate surface area is 170 Å². The molecule has 1 heterocycles. The minimum Gasteiger partial charge on any atom is -0.496 e. The number of nitrogens with zero attached hydrogens (tertiary/aromatic N) is 2. The molecule has 1 aliphatic heterocycles. The molecule has 2 aromatic rings. The van der Waals surface area contributed by atoms with Crippen molar-refractivity contribution in [2.75, 3.05) is 27.2 Å². The number of piperidine rings is 1. The summed E-state index contributed by atoms with van der Waals surface area (Å²) in [7, 11) is -0.339. The molecule has 8 heteroatoms. The first-order chi connectivity index (χ1) is 13.8. The molecule has 0 aliphatic carbocycles. The summed E-state index contributed by atoms with van der Waals surface area (Å²) in [5.41, 5.74) is 0.919. The number of methoxy groups -OCH3 is 1. The van der Waals surface area contributed by atoms with Crippen LogP contribution in [0.25, 0.3) is 0 Å². The van der Waals surface area contributed by atoms with Gasteiger partial charge in [-0.25, -0.2) is 12.8 Å². The van der Waals surface area contributed by atoms with Gasteiger partial charge in [-0.2, -0.15) is 4.31 Å². The van der Waals surface area contributed by atoms with Crippen LogP contribution in [0.5, 0.6) is 5.75 Å². The van der Waals surface area contributed by atoms with E-state index in [0.717, 1.165) is 23.4 Å². The molecule has 0 saturated carbocycles. The van der Waals surface area contributed by atoms with Crippen LogP contribution in [0.2, 0.25) is 0 Å². The second-order valence-corrected chi connectivity index (χ2v) is 9.08. The van der Waals surface area contributed by atoms with Gasteiger partial charge in [0.2, 0.25) is 15.9 Å². The molecule has 0 unspecified atom stereocenters. The molecule has 0 bridgehead atoms. The van der Waals surface area contributed by atoms with E-state index in [2.05, 4.69) is 0 Å². The lowest BCUT2D eigenvalue weighted by Crippen LogP contribution is -2.43. The Hall–Kier alpha value is -2.45. The summed E-state index contributed by atoms with van der Waals surface area (Å²) in [6.45, 7) is 0.953. The van der Waals surface area contributed by atoms with Crippen molar-refractivity contribution in [1.29, 1.82) is 0 Å². The van der Waals surface area contributed by atoms with Crippen molar-refractivity contribution in [3.05, 3.63) is 59.9 Å². The summed E-state index contributed by atoms with van der Waals surface area (Å²) in [5, 5.41) is 0. The molecule has 6 nitrogen and oxygen atoms in total. The third kappa shape index (κ3) is 4.76. The molecule has 0 aromatic heterocycles. The highest BCUT2D eigenvalue weighted by Gasteiger charge is 2.33. The molecule has 0 radical (unpaired) electrons. The van der Waals surface area contributed by atoms with Crippen molar-refractivity contribution >= 4 is 15.9 Å². The normalized spacial score (nSPS) is 15.8. The zero-order chi connectivity index (χ0) is 21.0. The van der Waals surface area contributed by atoms with Crippen LogP contribution in [0.3, 0.4) is 0 Å². The lowest BCUT2D eigenvalue weighted by Gasteiger charge is -2.32. The Balaban J connectivity index is 1.61. The maximum atomic E-state index is 13.1. The smallest absolute Gasteiger partial charge is 0.243 e. The average Bonchev–Trinajstić information content (AvgIpc) is 2.74. The van der Waals surface area contributed by atoms with E-state index in [1.54, 1.807) is 19.1 Å². The molecule has 2 aromatic carbocycles. The third-order valence-corrected chi connectivity index (χ3v) is 7.14. The van der Waals surface area contributed by atoms with E-state index in [1.165, 1.54) is 16.4 Å². The highest BCUT2D eigenvalue weighted by molar-refractivity contribution is 7.89. The Bertz CT molecular complexity index is 955. The van der Waals surface area contributed by atoms with Crippen molar-refractivity contribution in [2.45, 2.75) is 24.3 Å². The zero-order valence-corrected chi connectivity index (χ0v) is 17.4. The van der Waals surface area contributed by atoms with Gasteiger partial charge in [-0.3, -0.25) is 4.79 Å². The second kappa shape index (κ2) is 8.92.